The van der Waals surface area contributed by atoms with Crippen LogP contribution in [0.4, 0.5) is 11.4 Å². The van der Waals surface area contributed by atoms with Gasteiger partial charge in [0.2, 0.25) is 10.0 Å². The van der Waals surface area contributed by atoms with Crippen molar-refractivity contribution in [3.05, 3.63) is 53.9 Å². The predicted octanol–water partition coefficient (Wildman–Crippen LogP) is 1.66. The molecule has 0 unspecified atom stereocenters. The van der Waals surface area contributed by atoms with Crippen LogP contribution in [-0.4, -0.2) is 32.1 Å². The minimum absolute atomic E-state index is 0.258. The van der Waals surface area contributed by atoms with Crippen molar-refractivity contribution in [2.24, 2.45) is 0 Å². The van der Waals surface area contributed by atoms with Crippen molar-refractivity contribution < 1.29 is 13.2 Å². The van der Waals surface area contributed by atoms with Crippen molar-refractivity contribution in [3.8, 4) is 0 Å². The first-order chi connectivity index (χ1) is 10.4. The third kappa shape index (κ3) is 2.80. The maximum Gasteiger partial charge on any atom is 0.255 e. The molecule has 22 heavy (non-hydrogen) atoms. The van der Waals surface area contributed by atoms with E-state index in [0.717, 1.165) is 5.56 Å². The van der Waals surface area contributed by atoms with E-state index in [2.05, 4.69) is 10.3 Å². The number of benzene rings is 1. The molecule has 0 bridgehead atoms. The summed E-state index contributed by atoms with van der Waals surface area (Å²) in [6.45, 7) is 0.440. The van der Waals surface area contributed by atoms with E-state index in [9.17, 15) is 13.2 Å². The highest BCUT2D eigenvalue weighted by Crippen LogP contribution is 2.32. The molecule has 7 heteroatoms. The molecule has 0 atom stereocenters. The van der Waals surface area contributed by atoms with Crippen LogP contribution in [0.3, 0.4) is 0 Å². The van der Waals surface area contributed by atoms with Gasteiger partial charge in [-0.1, -0.05) is 6.07 Å². The highest BCUT2D eigenvalue weighted by molar-refractivity contribution is 7.92. The van der Waals surface area contributed by atoms with Gasteiger partial charge in [0, 0.05) is 30.2 Å². The molecular weight excluding hydrogens is 302 g/mol. The van der Waals surface area contributed by atoms with Gasteiger partial charge in [0.05, 0.1) is 11.9 Å². The molecule has 0 saturated carbocycles. The molecule has 2 heterocycles. The fraction of sp³-hybridized carbons (Fsp3) is 0.200. The fourth-order valence-corrected chi connectivity index (χ4v) is 3.43. The van der Waals surface area contributed by atoms with Gasteiger partial charge in [-0.15, -0.1) is 0 Å². The highest BCUT2D eigenvalue weighted by atomic mass is 32.2. The Morgan fingerprint density at radius 2 is 1.95 bits per heavy atom. The third-order valence-corrected chi connectivity index (χ3v) is 4.72. The lowest BCUT2D eigenvalue weighted by Crippen LogP contribution is -2.27. The number of nitrogens with one attached hydrogen (secondary N) is 1. The van der Waals surface area contributed by atoms with Crippen LogP contribution in [0.15, 0.2) is 42.7 Å². The molecule has 114 valence electrons. The van der Waals surface area contributed by atoms with Crippen molar-refractivity contribution in [3.63, 3.8) is 0 Å². The molecule has 3 rings (SSSR count). The molecular formula is C15H15N3O3S. The van der Waals surface area contributed by atoms with Crippen LogP contribution >= 0.6 is 0 Å². The zero-order valence-electron chi connectivity index (χ0n) is 12.0. The number of rotatable bonds is 3. The molecule has 1 N–H and O–H groups in total. The van der Waals surface area contributed by atoms with E-state index in [1.165, 1.54) is 10.6 Å². The Labute approximate surface area is 128 Å². The number of carbonyl (C=O) groups is 1. The number of aromatic nitrogens is 1. The normalized spacial score (nSPS) is 13.8. The van der Waals surface area contributed by atoms with Gasteiger partial charge < -0.3 is 5.32 Å². The minimum Gasteiger partial charge on any atom is -0.322 e. The van der Waals surface area contributed by atoms with Gasteiger partial charge in [-0.3, -0.25) is 14.1 Å². The summed E-state index contributed by atoms with van der Waals surface area (Å²) >= 11 is 0. The largest absolute Gasteiger partial charge is 0.322 e. The summed E-state index contributed by atoms with van der Waals surface area (Å²) in [6.07, 6.45) is 4.96. The predicted molar refractivity (Wildman–Crippen MR) is 84.5 cm³/mol. The van der Waals surface area contributed by atoms with Crippen LogP contribution in [-0.2, 0) is 16.4 Å². The third-order valence-electron chi connectivity index (χ3n) is 3.54. The van der Waals surface area contributed by atoms with Gasteiger partial charge in [0.1, 0.15) is 0 Å². The van der Waals surface area contributed by atoms with Crippen LogP contribution in [0, 0.1) is 0 Å². The number of fused-ring (bicyclic) bond motifs is 1. The number of amides is 1. The topological polar surface area (TPSA) is 79.4 Å². The van der Waals surface area contributed by atoms with Crippen LogP contribution in [0.5, 0.6) is 0 Å². The zero-order chi connectivity index (χ0) is 15.7. The second-order valence-corrected chi connectivity index (χ2v) is 7.03. The van der Waals surface area contributed by atoms with E-state index >= 15 is 0 Å². The molecule has 0 fully saturated rings. The van der Waals surface area contributed by atoms with Crippen molar-refractivity contribution in [1.82, 2.24) is 4.98 Å². The lowest BCUT2D eigenvalue weighted by Gasteiger charge is -2.17. The van der Waals surface area contributed by atoms with E-state index in [0.29, 0.717) is 29.9 Å². The number of anilines is 2. The van der Waals surface area contributed by atoms with E-state index in [1.54, 1.807) is 36.7 Å². The standard InChI is InChI=1S/C15H15N3O3S/c1-22(20,21)18-9-6-11-2-3-13(10-14(11)18)17-15(19)12-4-7-16-8-5-12/h2-5,7-8,10H,6,9H2,1H3,(H,17,19). The van der Waals surface area contributed by atoms with E-state index in [1.807, 2.05) is 6.07 Å². The summed E-state index contributed by atoms with van der Waals surface area (Å²) < 4.78 is 24.9. The maximum absolute atomic E-state index is 12.1. The Balaban J connectivity index is 1.87. The molecule has 0 aliphatic carbocycles. The van der Waals surface area contributed by atoms with Crippen molar-refractivity contribution in [2.45, 2.75) is 6.42 Å². The lowest BCUT2D eigenvalue weighted by molar-refractivity contribution is 0.102. The average molecular weight is 317 g/mol. The molecule has 0 radical (unpaired) electrons. The van der Waals surface area contributed by atoms with Crippen molar-refractivity contribution in [2.75, 3.05) is 22.4 Å². The number of sulfonamides is 1. The first kappa shape index (κ1) is 14.5. The van der Waals surface area contributed by atoms with Crippen LogP contribution in [0.1, 0.15) is 15.9 Å². The molecule has 1 amide bonds. The van der Waals surface area contributed by atoms with Gasteiger partial charge in [0.25, 0.3) is 5.91 Å². The monoisotopic (exact) mass is 317 g/mol. The molecule has 6 nitrogen and oxygen atoms in total. The van der Waals surface area contributed by atoms with Crippen LogP contribution < -0.4 is 9.62 Å². The Bertz CT molecular complexity index is 819. The zero-order valence-corrected chi connectivity index (χ0v) is 12.8. The second kappa shape index (κ2) is 5.42. The Hall–Kier alpha value is -2.41. The Morgan fingerprint density at radius 3 is 2.64 bits per heavy atom. The summed E-state index contributed by atoms with van der Waals surface area (Å²) in [5.74, 6) is -0.258. The summed E-state index contributed by atoms with van der Waals surface area (Å²) in [4.78, 5) is 16.0. The lowest BCUT2D eigenvalue weighted by atomic mass is 10.1. The summed E-state index contributed by atoms with van der Waals surface area (Å²) in [5.41, 5.74) is 2.66. The highest BCUT2D eigenvalue weighted by Gasteiger charge is 2.26. The quantitative estimate of drug-likeness (QED) is 0.933. The van der Waals surface area contributed by atoms with Gasteiger partial charge in [-0.2, -0.15) is 0 Å². The number of hydrogen-bond donors (Lipinski definition) is 1. The Morgan fingerprint density at radius 1 is 1.23 bits per heavy atom. The van der Waals surface area contributed by atoms with E-state index in [-0.39, 0.29) is 5.91 Å². The molecule has 1 aliphatic heterocycles. The molecule has 1 aliphatic rings. The summed E-state index contributed by atoms with van der Waals surface area (Å²) in [5, 5.41) is 2.77. The average Bonchev–Trinajstić information content (AvgIpc) is 2.91. The van der Waals surface area contributed by atoms with E-state index in [4.69, 9.17) is 0 Å². The fourth-order valence-electron chi connectivity index (χ4n) is 2.48. The van der Waals surface area contributed by atoms with Crippen molar-refractivity contribution >= 4 is 27.3 Å². The second-order valence-electron chi connectivity index (χ2n) is 5.12. The number of pyridine rings is 1. The van der Waals surface area contributed by atoms with Gasteiger partial charge in [0.15, 0.2) is 0 Å². The molecule has 0 spiro atoms. The van der Waals surface area contributed by atoms with Gasteiger partial charge in [-0.05, 0) is 36.2 Å². The van der Waals surface area contributed by atoms with Gasteiger partial charge >= 0.3 is 0 Å². The first-order valence-corrected chi connectivity index (χ1v) is 8.62. The first-order valence-electron chi connectivity index (χ1n) is 6.77. The number of nitrogens with zero attached hydrogens (tertiary/aromatic N) is 2. The number of carbonyl (C=O) groups excluding carboxylic acids is 1. The summed E-state index contributed by atoms with van der Waals surface area (Å²) in [6, 6.07) is 8.56. The molecule has 1 aromatic carbocycles. The molecule has 0 saturated heterocycles. The van der Waals surface area contributed by atoms with Crippen LogP contribution in [0.25, 0.3) is 0 Å². The molecule has 1 aromatic heterocycles. The van der Waals surface area contributed by atoms with Gasteiger partial charge in [-0.25, -0.2) is 8.42 Å². The van der Waals surface area contributed by atoms with Crippen molar-refractivity contribution in [1.29, 1.82) is 0 Å². The van der Waals surface area contributed by atoms with Crippen LogP contribution in [0.2, 0.25) is 0 Å². The SMILES string of the molecule is CS(=O)(=O)N1CCc2ccc(NC(=O)c3ccncc3)cc21. The maximum atomic E-state index is 12.1. The van der Waals surface area contributed by atoms with E-state index < -0.39 is 10.0 Å². The minimum atomic E-state index is -3.30. The smallest absolute Gasteiger partial charge is 0.255 e. The number of hydrogen-bond acceptors (Lipinski definition) is 4. The molecule has 2 aromatic rings. The summed E-state index contributed by atoms with van der Waals surface area (Å²) in [7, 11) is -3.30. The Kier molecular flexibility index (Phi) is 3.58.